The largest absolute Gasteiger partial charge is 0.497 e. The van der Waals surface area contributed by atoms with Crippen molar-refractivity contribution in [2.24, 2.45) is 0 Å². The molecule has 34 heavy (non-hydrogen) atoms. The summed E-state index contributed by atoms with van der Waals surface area (Å²) in [6.07, 6.45) is 0. The SMILES string of the molecule is COc1ccc(N(CC(=O)Nc2cc(Cl)cc(Cl)c2)S(=O)(=O)c2ccc(NC(C)=O)cc2)cc1. The molecule has 8 nitrogen and oxygen atoms in total. The van der Waals surface area contributed by atoms with Gasteiger partial charge in [-0.25, -0.2) is 8.42 Å². The van der Waals surface area contributed by atoms with Crippen molar-refractivity contribution < 1.29 is 22.7 Å². The van der Waals surface area contributed by atoms with Crippen molar-refractivity contribution in [3.8, 4) is 5.75 Å². The summed E-state index contributed by atoms with van der Waals surface area (Å²) in [6, 6.07) is 16.4. The number of halogens is 2. The molecule has 0 fully saturated rings. The summed E-state index contributed by atoms with van der Waals surface area (Å²) in [6.45, 7) is 0.827. The summed E-state index contributed by atoms with van der Waals surface area (Å²) in [5.41, 5.74) is 1.03. The van der Waals surface area contributed by atoms with E-state index >= 15 is 0 Å². The lowest BCUT2D eigenvalue weighted by molar-refractivity contribution is -0.115. The van der Waals surface area contributed by atoms with Gasteiger partial charge < -0.3 is 15.4 Å². The summed E-state index contributed by atoms with van der Waals surface area (Å²) >= 11 is 12.0. The first-order valence-electron chi connectivity index (χ1n) is 9.89. The van der Waals surface area contributed by atoms with E-state index in [2.05, 4.69) is 10.6 Å². The number of hydrogen-bond acceptors (Lipinski definition) is 5. The number of amides is 2. The molecule has 0 aliphatic heterocycles. The molecule has 11 heteroatoms. The third-order valence-electron chi connectivity index (χ3n) is 4.56. The quantitative estimate of drug-likeness (QED) is 0.443. The van der Waals surface area contributed by atoms with Gasteiger partial charge in [0.25, 0.3) is 10.0 Å². The van der Waals surface area contributed by atoms with Crippen molar-refractivity contribution in [1.82, 2.24) is 0 Å². The maximum absolute atomic E-state index is 13.5. The lowest BCUT2D eigenvalue weighted by Crippen LogP contribution is -2.38. The minimum absolute atomic E-state index is 0.0592. The molecule has 3 rings (SSSR count). The maximum atomic E-state index is 13.5. The van der Waals surface area contributed by atoms with E-state index in [-0.39, 0.29) is 16.5 Å². The minimum Gasteiger partial charge on any atom is -0.497 e. The number of carbonyl (C=O) groups excluding carboxylic acids is 2. The van der Waals surface area contributed by atoms with Gasteiger partial charge in [0.2, 0.25) is 11.8 Å². The highest BCUT2D eigenvalue weighted by molar-refractivity contribution is 7.92. The smallest absolute Gasteiger partial charge is 0.264 e. The number of methoxy groups -OCH3 is 1. The normalized spacial score (nSPS) is 10.9. The van der Waals surface area contributed by atoms with Crippen molar-refractivity contribution in [2.75, 3.05) is 28.6 Å². The molecule has 0 bridgehead atoms. The Labute approximate surface area is 207 Å². The fourth-order valence-corrected chi connectivity index (χ4v) is 5.01. The van der Waals surface area contributed by atoms with E-state index in [0.29, 0.717) is 27.2 Å². The van der Waals surface area contributed by atoms with Crippen LogP contribution < -0.4 is 19.7 Å². The molecular weight excluding hydrogens is 501 g/mol. The van der Waals surface area contributed by atoms with Crippen LogP contribution in [0.2, 0.25) is 10.0 Å². The highest BCUT2D eigenvalue weighted by Crippen LogP contribution is 2.27. The van der Waals surface area contributed by atoms with Gasteiger partial charge in [-0.2, -0.15) is 0 Å². The van der Waals surface area contributed by atoms with Crippen molar-refractivity contribution in [1.29, 1.82) is 0 Å². The van der Waals surface area contributed by atoms with E-state index in [1.165, 1.54) is 68.6 Å². The second kappa shape index (κ2) is 10.8. The molecule has 0 saturated heterocycles. The molecule has 0 spiro atoms. The first-order valence-corrected chi connectivity index (χ1v) is 12.1. The lowest BCUT2D eigenvalue weighted by Gasteiger charge is -2.24. The summed E-state index contributed by atoms with van der Waals surface area (Å²) in [5.74, 6) is -0.361. The van der Waals surface area contributed by atoms with E-state index in [1.54, 1.807) is 12.1 Å². The Morgan fingerprint density at radius 3 is 2.00 bits per heavy atom. The van der Waals surface area contributed by atoms with Gasteiger partial charge in [-0.05, 0) is 66.7 Å². The number of rotatable bonds is 8. The van der Waals surface area contributed by atoms with Gasteiger partial charge >= 0.3 is 0 Å². The van der Waals surface area contributed by atoms with Crippen molar-refractivity contribution in [3.63, 3.8) is 0 Å². The minimum atomic E-state index is -4.16. The van der Waals surface area contributed by atoms with Gasteiger partial charge in [-0.3, -0.25) is 13.9 Å². The van der Waals surface area contributed by atoms with Crippen LogP contribution in [0.4, 0.5) is 17.1 Å². The second-order valence-corrected chi connectivity index (χ2v) is 9.86. The van der Waals surface area contributed by atoms with Crippen LogP contribution in [0.15, 0.2) is 71.6 Å². The van der Waals surface area contributed by atoms with Crippen LogP contribution in [0, 0.1) is 0 Å². The average Bonchev–Trinajstić information content (AvgIpc) is 2.77. The topological polar surface area (TPSA) is 105 Å². The number of ether oxygens (including phenoxy) is 1. The molecule has 178 valence electrons. The molecule has 0 aliphatic rings. The molecule has 0 saturated carbocycles. The number of anilines is 3. The van der Waals surface area contributed by atoms with Crippen LogP contribution in [-0.4, -0.2) is 33.9 Å². The standard InChI is InChI=1S/C23H21Cl2N3O5S/c1-15(29)26-18-3-9-22(10-4-18)34(31,32)28(20-5-7-21(33-2)8-6-20)14-23(30)27-19-12-16(24)11-17(25)13-19/h3-13H,14H2,1-2H3,(H,26,29)(H,27,30). The Bertz CT molecular complexity index is 1280. The highest BCUT2D eigenvalue weighted by atomic mass is 35.5. The number of carbonyl (C=O) groups is 2. The Hall–Kier alpha value is -3.27. The van der Waals surface area contributed by atoms with E-state index < -0.39 is 22.5 Å². The zero-order valence-electron chi connectivity index (χ0n) is 18.2. The molecular formula is C23H21Cl2N3O5S. The molecule has 0 radical (unpaired) electrons. The molecule has 2 N–H and O–H groups in total. The van der Waals surface area contributed by atoms with Gasteiger partial charge in [0.1, 0.15) is 12.3 Å². The third kappa shape index (κ3) is 6.40. The Kier molecular flexibility index (Phi) is 8.03. The van der Waals surface area contributed by atoms with E-state index in [4.69, 9.17) is 27.9 Å². The molecule has 3 aromatic rings. The van der Waals surface area contributed by atoms with E-state index in [1.807, 2.05) is 0 Å². The fourth-order valence-electron chi connectivity index (χ4n) is 3.06. The van der Waals surface area contributed by atoms with Crippen LogP contribution in [0.25, 0.3) is 0 Å². The van der Waals surface area contributed by atoms with Crippen LogP contribution in [-0.2, 0) is 19.6 Å². The number of hydrogen-bond donors (Lipinski definition) is 2. The fraction of sp³-hybridized carbons (Fsp3) is 0.130. The highest BCUT2D eigenvalue weighted by Gasteiger charge is 2.27. The molecule has 0 heterocycles. The number of nitrogens with one attached hydrogen (secondary N) is 2. The molecule has 2 amide bonds. The van der Waals surface area contributed by atoms with Crippen molar-refractivity contribution in [3.05, 3.63) is 76.8 Å². The predicted molar refractivity (Wildman–Crippen MR) is 133 cm³/mol. The van der Waals surface area contributed by atoms with Gasteiger partial charge in [-0.15, -0.1) is 0 Å². The summed E-state index contributed by atoms with van der Waals surface area (Å²) in [4.78, 5) is 24.0. The summed E-state index contributed by atoms with van der Waals surface area (Å²) < 4.78 is 33.1. The van der Waals surface area contributed by atoms with Crippen LogP contribution in [0.5, 0.6) is 5.75 Å². The van der Waals surface area contributed by atoms with Gasteiger partial charge in [0.05, 0.1) is 17.7 Å². The zero-order valence-corrected chi connectivity index (χ0v) is 20.5. The van der Waals surface area contributed by atoms with Crippen LogP contribution in [0.3, 0.4) is 0 Å². The lowest BCUT2D eigenvalue weighted by atomic mass is 10.3. The Balaban J connectivity index is 1.93. The monoisotopic (exact) mass is 521 g/mol. The zero-order chi connectivity index (χ0) is 24.9. The molecule has 0 aromatic heterocycles. The van der Waals surface area contributed by atoms with Crippen LogP contribution in [0.1, 0.15) is 6.92 Å². The van der Waals surface area contributed by atoms with Gasteiger partial charge in [0, 0.05) is 28.3 Å². The van der Waals surface area contributed by atoms with Crippen LogP contribution >= 0.6 is 23.2 Å². The number of nitrogens with zero attached hydrogens (tertiary/aromatic N) is 1. The molecule has 3 aromatic carbocycles. The predicted octanol–water partition coefficient (Wildman–Crippen LogP) is 4.79. The Morgan fingerprint density at radius 2 is 1.47 bits per heavy atom. The van der Waals surface area contributed by atoms with Gasteiger partial charge in [0.15, 0.2) is 0 Å². The molecule has 0 atom stereocenters. The summed E-state index contributed by atoms with van der Waals surface area (Å²) in [7, 11) is -2.67. The summed E-state index contributed by atoms with van der Waals surface area (Å²) in [5, 5.41) is 5.84. The molecule has 0 aliphatic carbocycles. The number of benzene rings is 3. The van der Waals surface area contributed by atoms with Gasteiger partial charge in [-0.1, -0.05) is 23.2 Å². The average molecular weight is 522 g/mol. The third-order valence-corrected chi connectivity index (χ3v) is 6.78. The van der Waals surface area contributed by atoms with E-state index in [9.17, 15) is 18.0 Å². The van der Waals surface area contributed by atoms with E-state index in [0.717, 1.165) is 4.31 Å². The maximum Gasteiger partial charge on any atom is 0.264 e. The first kappa shape index (κ1) is 25.4. The molecule has 0 unspecified atom stereocenters. The van der Waals surface area contributed by atoms with Crippen molar-refractivity contribution in [2.45, 2.75) is 11.8 Å². The van der Waals surface area contributed by atoms with Crippen molar-refractivity contribution >= 4 is 62.1 Å². The Morgan fingerprint density at radius 1 is 0.882 bits per heavy atom. The first-order chi connectivity index (χ1) is 16.1. The second-order valence-electron chi connectivity index (χ2n) is 7.12. The number of sulfonamides is 1.